The summed E-state index contributed by atoms with van der Waals surface area (Å²) in [5, 5.41) is 6.79. The normalized spacial score (nSPS) is 20.8. The number of carbonyl (C=O) groups excluding carboxylic acids is 1. The fraction of sp³-hybridized carbons (Fsp3) is 0.548. The van der Waals surface area contributed by atoms with Gasteiger partial charge in [-0.1, -0.05) is 23.2 Å². The van der Waals surface area contributed by atoms with E-state index >= 15 is 0 Å². The first kappa shape index (κ1) is 32.2. The number of anilines is 2. The van der Waals surface area contributed by atoms with Crippen molar-refractivity contribution in [3.8, 4) is 6.01 Å². The fourth-order valence-corrected chi connectivity index (χ4v) is 8.17. The van der Waals surface area contributed by atoms with Gasteiger partial charge in [-0.2, -0.15) is 28.2 Å². The van der Waals surface area contributed by atoms with E-state index in [0.717, 1.165) is 44.8 Å². The van der Waals surface area contributed by atoms with Gasteiger partial charge in [-0.25, -0.2) is 0 Å². The molecule has 2 fully saturated rings. The zero-order valence-electron chi connectivity index (χ0n) is 25.8. The second-order valence-corrected chi connectivity index (χ2v) is 13.4. The van der Waals surface area contributed by atoms with Crippen molar-refractivity contribution in [1.29, 1.82) is 0 Å². The van der Waals surface area contributed by atoms with Gasteiger partial charge in [0.05, 0.1) is 51.8 Å². The number of alkyl halides is 3. The Balaban J connectivity index is 1.27. The summed E-state index contributed by atoms with van der Waals surface area (Å²) in [7, 11) is 1.52. The number of carbonyl (C=O) groups is 1. The summed E-state index contributed by atoms with van der Waals surface area (Å²) >= 11 is 12.8. The highest BCUT2D eigenvalue weighted by Crippen LogP contribution is 2.45. The number of nitrogen functional groups attached to an aromatic ring is 1. The molecule has 0 radical (unpaired) electrons. The van der Waals surface area contributed by atoms with Crippen LogP contribution in [0.2, 0.25) is 10.0 Å². The van der Waals surface area contributed by atoms with E-state index < -0.39 is 22.9 Å². The van der Waals surface area contributed by atoms with Gasteiger partial charge in [0, 0.05) is 37.8 Å². The predicted octanol–water partition coefficient (Wildman–Crippen LogP) is 5.17. The van der Waals surface area contributed by atoms with Crippen molar-refractivity contribution in [2.45, 2.75) is 76.0 Å². The number of hydrogen-bond acceptors (Lipinski definition) is 9. The first-order chi connectivity index (χ1) is 22.5. The van der Waals surface area contributed by atoms with E-state index in [4.69, 9.17) is 48.4 Å². The van der Waals surface area contributed by atoms with Gasteiger partial charge in [0.2, 0.25) is 0 Å². The molecule has 0 bridgehead atoms. The molecule has 1 amide bonds. The number of hydrogen-bond donors (Lipinski definition) is 2. The molecule has 47 heavy (non-hydrogen) atoms. The maximum Gasteiger partial charge on any atom is 0.418 e. The maximum atomic E-state index is 14.2. The van der Waals surface area contributed by atoms with Crippen molar-refractivity contribution in [3.05, 3.63) is 56.0 Å². The van der Waals surface area contributed by atoms with Crippen LogP contribution >= 0.6 is 23.2 Å². The van der Waals surface area contributed by atoms with Crippen LogP contribution < -0.4 is 20.7 Å². The second-order valence-electron chi connectivity index (χ2n) is 12.6. The number of amides is 1. The zero-order valence-corrected chi connectivity index (χ0v) is 27.3. The molecule has 3 N–H and O–H groups in total. The molecule has 7 rings (SSSR count). The minimum absolute atomic E-state index is 0.0225. The number of nitrogens with two attached hydrogens (primary N) is 1. The number of aromatic nitrogens is 4. The first-order valence-corrected chi connectivity index (χ1v) is 16.5. The minimum atomic E-state index is -4.72. The van der Waals surface area contributed by atoms with Crippen LogP contribution in [-0.2, 0) is 37.0 Å². The van der Waals surface area contributed by atoms with Gasteiger partial charge in [-0.15, -0.1) is 0 Å². The molecular formula is C31H35Cl2F3N8O3. The van der Waals surface area contributed by atoms with E-state index in [9.17, 15) is 18.0 Å². The number of aryl methyl sites for hydroxylation is 1. The third-order valence-electron chi connectivity index (χ3n) is 9.79. The Hall–Kier alpha value is -3.33. The molecule has 1 atom stereocenters. The topological polar surface area (TPSA) is 124 Å². The number of nitrogens with zero attached hydrogens (tertiary/aromatic N) is 6. The molecule has 3 aromatic rings. The number of ether oxygens (including phenoxy) is 2. The number of benzene rings is 1. The lowest BCUT2D eigenvalue weighted by Crippen LogP contribution is -2.43. The molecule has 16 heteroatoms. The van der Waals surface area contributed by atoms with Crippen molar-refractivity contribution in [2.24, 2.45) is 0 Å². The summed E-state index contributed by atoms with van der Waals surface area (Å²) < 4.78 is 56.8. The predicted molar refractivity (Wildman–Crippen MR) is 169 cm³/mol. The van der Waals surface area contributed by atoms with Crippen LogP contribution in [0.25, 0.3) is 0 Å². The second kappa shape index (κ2) is 12.3. The minimum Gasteiger partial charge on any atom is -0.461 e. The van der Waals surface area contributed by atoms with Gasteiger partial charge in [-0.3, -0.25) is 14.4 Å². The number of rotatable bonds is 6. The summed E-state index contributed by atoms with van der Waals surface area (Å²) in [6.07, 6.45) is -0.778. The van der Waals surface area contributed by atoms with E-state index in [1.807, 2.05) is 4.90 Å². The summed E-state index contributed by atoms with van der Waals surface area (Å²) in [5.41, 5.74) is 6.83. The molecule has 6 heterocycles. The molecule has 1 aromatic carbocycles. The molecule has 2 saturated heterocycles. The molecule has 252 valence electrons. The highest BCUT2D eigenvalue weighted by atomic mass is 35.5. The molecule has 2 aromatic heterocycles. The van der Waals surface area contributed by atoms with Gasteiger partial charge in [0.25, 0.3) is 5.91 Å². The summed E-state index contributed by atoms with van der Waals surface area (Å²) in [6.45, 7) is 3.82. The van der Waals surface area contributed by atoms with E-state index in [1.54, 1.807) is 4.68 Å². The Morgan fingerprint density at radius 3 is 2.64 bits per heavy atom. The maximum absolute atomic E-state index is 14.2. The first-order valence-electron chi connectivity index (χ1n) is 15.7. The number of nitrogens with one attached hydrogen (secondary N) is 1. The third-order valence-corrected chi connectivity index (χ3v) is 10.5. The lowest BCUT2D eigenvalue weighted by molar-refractivity contribution is -0.139. The Morgan fingerprint density at radius 2 is 1.91 bits per heavy atom. The van der Waals surface area contributed by atoms with Crippen molar-refractivity contribution in [2.75, 3.05) is 43.9 Å². The fourth-order valence-electron chi connectivity index (χ4n) is 7.55. The van der Waals surface area contributed by atoms with Crippen LogP contribution in [0.15, 0.2) is 12.1 Å². The van der Waals surface area contributed by atoms with Gasteiger partial charge >= 0.3 is 12.2 Å². The lowest BCUT2D eigenvalue weighted by Gasteiger charge is -2.33. The Labute approximate surface area is 279 Å². The summed E-state index contributed by atoms with van der Waals surface area (Å²) in [6, 6.07) is 2.51. The smallest absolute Gasteiger partial charge is 0.418 e. The Morgan fingerprint density at radius 1 is 1.15 bits per heavy atom. The van der Waals surface area contributed by atoms with E-state index in [2.05, 4.69) is 15.3 Å². The Bertz CT molecular complexity index is 1710. The van der Waals surface area contributed by atoms with E-state index in [-0.39, 0.29) is 59.0 Å². The standard InChI is InChI=1S/C31H35Cl2F3N8O3/c1-38-28(45)26-25(33)22-14-42(7-4-10-44(22)41-26)27-19-15-46-23(18-11-17(37)12-20(32)24(18)31(34,35)36)13-21(19)39-29(40-27)47-16-30-5-2-8-43(30)9-3-6-30/h11-12,23H,2-10,13-16,37H2,1H3,(H,38,45). The van der Waals surface area contributed by atoms with Crippen molar-refractivity contribution in [3.63, 3.8) is 0 Å². The van der Waals surface area contributed by atoms with Crippen LogP contribution in [0, 0.1) is 0 Å². The molecule has 1 unspecified atom stereocenters. The molecule has 11 nitrogen and oxygen atoms in total. The van der Waals surface area contributed by atoms with Crippen LogP contribution in [0.3, 0.4) is 0 Å². The zero-order chi connectivity index (χ0) is 33.1. The van der Waals surface area contributed by atoms with Gasteiger partial charge < -0.3 is 25.4 Å². The highest BCUT2D eigenvalue weighted by Gasteiger charge is 2.45. The third kappa shape index (κ3) is 5.87. The summed E-state index contributed by atoms with van der Waals surface area (Å²) in [5.74, 6) is 0.160. The monoisotopic (exact) mass is 694 g/mol. The van der Waals surface area contributed by atoms with Crippen molar-refractivity contribution >= 4 is 40.6 Å². The van der Waals surface area contributed by atoms with Crippen LogP contribution in [0.1, 0.15) is 76.8 Å². The molecule has 0 aliphatic carbocycles. The summed E-state index contributed by atoms with van der Waals surface area (Å²) in [4.78, 5) is 26.6. The van der Waals surface area contributed by atoms with Gasteiger partial charge in [0.1, 0.15) is 12.4 Å². The molecule has 0 saturated carbocycles. The van der Waals surface area contributed by atoms with Gasteiger partial charge in [0.15, 0.2) is 5.69 Å². The average Bonchev–Trinajstić information content (AvgIpc) is 3.65. The molecule has 4 aliphatic heterocycles. The Kier molecular flexibility index (Phi) is 8.42. The SMILES string of the molecule is CNC(=O)c1nn2c(c1Cl)CN(c1nc(OCC34CCCN3CCC4)nc3c1COC(c1cc(N)cc(Cl)c1C(F)(F)F)C3)CCC2. The van der Waals surface area contributed by atoms with Crippen molar-refractivity contribution in [1.82, 2.24) is 30.0 Å². The number of halogens is 5. The molecular weight excluding hydrogens is 660 g/mol. The molecule has 4 aliphatic rings. The van der Waals surface area contributed by atoms with Gasteiger partial charge in [-0.05, 0) is 62.9 Å². The molecule has 0 spiro atoms. The highest BCUT2D eigenvalue weighted by molar-refractivity contribution is 6.34. The quantitative estimate of drug-likeness (QED) is 0.336. The average molecular weight is 696 g/mol. The van der Waals surface area contributed by atoms with Crippen LogP contribution in [0.4, 0.5) is 24.7 Å². The van der Waals surface area contributed by atoms with E-state index in [1.165, 1.54) is 13.1 Å². The van der Waals surface area contributed by atoms with E-state index in [0.29, 0.717) is 48.9 Å². The lowest BCUT2D eigenvalue weighted by atomic mass is 9.94. The largest absolute Gasteiger partial charge is 0.461 e. The van der Waals surface area contributed by atoms with Crippen LogP contribution in [0.5, 0.6) is 6.01 Å². The van der Waals surface area contributed by atoms with Crippen LogP contribution in [-0.4, -0.2) is 69.4 Å². The number of fused-ring (bicyclic) bond motifs is 3. The van der Waals surface area contributed by atoms with Crippen molar-refractivity contribution < 1.29 is 27.4 Å².